The number of hydrogen-bond acceptors (Lipinski definition) is 2. The number of alkyl halides is 1. The Labute approximate surface area is 62.3 Å². The third-order valence-corrected chi connectivity index (χ3v) is 2.04. The molecule has 0 amide bonds. The van der Waals surface area contributed by atoms with E-state index in [1.165, 1.54) is 11.3 Å². The molecule has 1 heterocycles. The molecule has 0 aliphatic heterocycles. The maximum absolute atomic E-state index is 10.1. The predicted molar refractivity (Wildman–Crippen MR) is 39.0 cm³/mol. The van der Waals surface area contributed by atoms with Crippen molar-refractivity contribution in [2.45, 2.75) is 5.38 Å². The van der Waals surface area contributed by atoms with E-state index in [0.717, 1.165) is 11.8 Å². The highest BCUT2D eigenvalue weighted by Gasteiger charge is 2.03. The molecule has 1 aromatic heterocycles. The van der Waals surface area contributed by atoms with E-state index in [9.17, 15) is 4.79 Å². The molecule has 1 aromatic rings. The van der Waals surface area contributed by atoms with Crippen LogP contribution in [-0.2, 0) is 4.79 Å². The molecule has 0 radical (unpaired) electrons. The molecule has 1 nitrogen and oxygen atoms in total. The first kappa shape index (κ1) is 6.78. The highest BCUT2D eigenvalue weighted by Crippen LogP contribution is 2.19. The smallest absolute Gasteiger partial charge is 0.142 e. The first-order chi connectivity index (χ1) is 4.34. The van der Waals surface area contributed by atoms with Crippen LogP contribution < -0.4 is 0 Å². The third-order valence-electron chi connectivity index (χ3n) is 0.981. The second kappa shape index (κ2) is 2.99. The first-order valence-corrected chi connectivity index (χ1v) is 3.84. The second-order valence-corrected chi connectivity index (χ2v) is 2.84. The Kier molecular flexibility index (Phi) is 2.25. The number of thiophene rings is 1. The van der Waals surface area contributed by atoms with Crippen LogP contribution in [0, 0.1) is 0 Å². The minimum absolute atomic E-state index is 0.462. The second-order valence-electron chi connectivity index (χ2n) is 1.59. The van der Waals surface area contributed by atoms with E-state index in [2.05, 4.69) is 0 Å². The van der Waals surface area contributed by atoms with Gasteiger partial charge in [-0.25, -0.2) is 0 Å². The molecule has 0 unspecified atom stereocenters. The fourth-order valence-corrected chi connectivity index (χ4v) is 1.42. The van der Waals surface area contributed by atoms with Crippen molar-refractivity contribution in [3.63, 3.8) is 0 Å². The lowest BCUT2D eigenvalue weighted by Crippen LogP contribution is -1.85. The maximum atomic E-state index is 10.1. The molecule has 48 valence electrons. The summed E-state index contributed by atoms with van der Waals surface area (Å²) in [5.74, 6) is 0. The van der Waals surface area contributed by atoms with Crippen LogP contribution in [0.2, 0.25) is 0 Å². The quantitative estimate of drug-likeness (QED) is 0.479. The first-order valence-electron chi connectivity index (χ1n) is 2.46. The summed E-state index contributed by atoms with van der Waals surface area (Å²) in [5.41, 5.74) is 0.886. The van der Waals surface area contributed by atoms with Gasteiger partial charge in [-0.3, -0.25) is 0 Å². The van der Waals surface area contributed by atoms with Gasteiger partial charge in [-0.05, 0) is 22.4 Å². The number of aldehydes is 1. The van der Waals surface area contributed by atoms with Crippen LogP contribution >= 0.6 is 22.9 Å². The van der Waals surface area contributed by atoms with Crippen molar-refractivity contribution < 1.29 is 4.79 Å². The van der Waals surface area contributed by atoms with E-state index < -0.39 is 5.38 Å². The van der Waals surface area contributed by atoms with Crippen molar-refractivity contribution in [2.75, 3.05) is 0 Å². The maximum Gasteiger partial charge on any atom is 0.142 e. The summed E-state index contributed by atoms with van der Waals surface area (Å²) in [6.07, 6.45) is 0.726. The lowest BCUT2D eigenvalue weighted by Gasteiger charge is -1.92. The standard InChI is InChI=1S/C6H5ClOS/c7-6(3-8)5-1-2-9-4-5/h1-4,6H/t6-/m1/s1. The molecule has 0 spiro atoms. The summed E-state index contributed by atoms with van der Waals surface area (Å²) < 4.78 is 0. The Bertz CT molecular complexity index is 183. The summed E-state index contributed by atoms with van der Waals surface area (Å²) in [5, 5.41) is 3.30. The Hall–Kier alpha value is -0.340. The van der Waals surface area contributed by atoms with Gasteiger partial charge in [0.25, 0.3) is 0 Å². The molecule has 0 aromatic carbocycles. The van der Waals surface area contributed by atoms with Gasteiger partial charge in [-0.1, -0.05) is 0 Å². The molecule has 0 fully saturated rings. The summed E-state index contributed by atoms with van der Waals surface area (Å²) in [6, 6.07) is 1.84. The van der Waals surface area contributed by atoms with Crippen molar-refractivity contribution in [3.8, 4) is 0 Å². The molecule has 0 bridgehead atoms. The van der Waals surface area contributed by atoms with Crippen LogP contribution in [0.5, 0.6) is 0 Å². The molecular formula is C6H5ClOS. The summed E-state index contributed by atoms with van der Waals surface area (Å²) >= 11 is 7.11. The van der Waals surface area contributed by atoms with E-state index in [4.69, 9.17) is 11.6 Å². The minimum Gasteiger partial charge on any atom is -0.301 e. The molecular weight excluding hydrogens is 156 g/mol. The zero-order valence-electron chi connectivity index (χ0n) is 4.58. The van der Waals surface area contributed by atoms with Gasteiger partial charge in [-0.15, -0.1) is 11.6 Å². The minimum atomic E-state index is -0.462. The molecule has 0 aliphatic carbocycles. The fraction of sp³-hybridized carbons (Fsp3) is 0.167. The van der Waals surface area contributed by atoms with Crippen LogP contribution in [0.3, 0.4) is 0 Å². The lowest BCUT2D eigenvalue weighted by atomic mass is 10.3. The number of hydrogen-bond donors (Lipinski definition) is 0. The number of rotatable bonds is 2. The Morgan fingerprint density at radius 3 is 3.00 bits per heavy atom. The van der Waals surface area contributed by atoms with Gasteiger partial charge in [0, 0.05) is 0 Å². The van der Waals surface area contributed by atoms with Crippen LogP contribution in [-0.4, -0.2) is 6.29 Å². The Morgan fingerprint density at radius 2 is 2.56 bits per heavy atom. The highest BCUT2D eigenvalue weighted by atomic mass is 35.5. The van der Waals surface area contributed by atoms with E-state index in [1.807, 2.05) is 16.8 Å². The van der Waals surface area contributed by atoms with Crippen LogP contribution in [0.1, 0.15) is 10.9 Å². The van der Waals surface area contributed by atoms with E-state index >= 15 is 0 Å². The fourth-order valence-electron chi connectivity index (χ4n) is 0.510. The van der Waals surface area contributed by atoms with E-state index in [1.54, 1.807) is 0 Å². The molecule has 9 heavy (non-hydrogen) atoms. The molecule has 0 aliphatic rings. The number of carbonyl (C=O) groups excluding carboxylic acids is 1. The molecule has 0 N–H and O–H groups in total. The van der Waals surface area contributed by atoms with Crippen molar-refractivity contribution in [3.05, 3.63) is 22.4 Å². The average Bonchev–Trinajstić information content (AvgIpc) is 2.37. The van der Waals surface area contributed by atoms with Gasteiger partial charge in [0.05, 0.1) is 0 Å². The van der Waals surface area contributed by atoms with Crippen molar-refractivity contribution in [1.29, 1.82) is 0 Å². The monoisotopic (exact) mass is 160 g/mol. The molecule has 0 saturated carbocycles. The topological polar surface area (TPSA) is 17.1 Å². The normalized spacial score (nSPS) is 13.0. The number of halogens is 1. The van der Waals surface area contributed by atoms with E-state index in [-0.39, 0.29) is 0 Å². The summed E-state index contributed by atoms with van der Waals surface area (Å²) in [6.45, 7) is 0. The van der Waals surface area contributed by atoms with Gasteiger partial charge in [0.1, 0.15) is 11.7 Å². The largest absolute Gasteiger partial charge is 0.301 e. The van der Waals surface area contributed by atoms with Gasteiger partial charge in [0.15, 0.2) is 0 Å². The average molecular weight is 161 g/mol. The predicted octanol–water partition coefficient (Wildman–Crippen LogP) is 2.23. The molecule has 3 heteroatoms. The van der Waals surface area contributed by atoms with Crippen molar-refractivity contribution >= 4 is 29.2 Å². The molecule has 0 saturated heterocycles. The molecule has 1 rings (SSSR count). The summed E-state index contributed by atoms with van der Waals surface area (Å²) in [4.78, 5) is 10.1. The van der Waals surface area contributed by atoms with Crippen LogP contribution in [0.4, 0.5) is 0 Å². The Morgan fingerprint density at radius 1 is 1.78 bits per heavy atom. The van der Waals surface area contributed by atoms with E-state index in [0.29, 0.717) is 0 Å². The van der Waals surface area contributed by atoms with Crippen LogP contribution in [0.15, 0.2) is 16.8 Å². The van der Waals surface area contributed by atoms with Gasteiger partial charge in [-0.2, -0.15) is 11.3 Å². The third kappa shape index (κ3) is 1.53. The Balaban J connectivity index is 2.76. The van der Waals surface area contributed by atoms with Gasteiger partial charge < -0.3 is 4.79 Å². The SMILES string of the molecule is O=C[C@@H](Cl)c1ccsc1. The van der Waals surface area contributed by atoms with Crippen molar-refractivity contribution in [1.82, 2.24) is 0 Å². The number of carbonyl (C=O) groups is 1. The zero-order chi connectivity index (χ0) is 6.69. The van der Waals surface area contributed by atoms with Crippen molar-refractivity contribution in [2.24, 2.45) is 0 Å². The molecule has 1 atom stereocenters. The zero-order valence-corrected chi connectivity index (χ0v) is 6.15. The van der Waals surface area contributed by atoms with Gasteiger partial charge >= 0.3 is 0 Å². The summed E-state index contributed by atoms with van der Waals surface area (Å²) in [7, 11) is 0. The highest BCUT2D eigenvalue weighted by molar-refractivity contribution is 7.08. The van der Waals surface area contributed by atoms with Crippen LogP contribution in [0.25, 0.3) is 0 Å². The lowest BCUT2D eigenvalue weighted by molar-refractivity contribution is -0.107. The van der Waals surface area contributed by atoms with Gasteiger partial charge in [0.2, 0.25) is 0 Å².